The minimum Gasteiger partial charge on any atom is -0.322 e. The summed E-state index contributed by atoms with van der Waals surface area (Å²) in [6.07, 6.45) is 0. The fraction of sp³-hybridized carbons (Fsp3) is 0.333. The molecular formula is C9H10ClF2N. The Bertz CT molecular complexity index is 331. The molecule has 0 saturated heterocycles. The minimum atomic E-state index is -0.847. The Kier molecular flexibility index (Phi) is 2.59. The molecule has 0 bridgehead atoms. The van der Waals surface area contributed by atoms with Gasteiger partial charge in [-0.3, -0.25) is 0 Å². The monoisotopic (exact) mass is 205 g/mol. The van der Waals surface area contributed by atoms with Crippen LogP contribution in [0.25, 0.3) is 0 Å². The van der Waals surface area contributed by atoms with Gasteiger partial charge in [0, 0.05) is 11.6 Å². The third kappa shape index (κ3) is 2.17. The fourth-order valence-corrected chi connectivity index (χ4v) is 1.38. The highest BCUT2D eigenvalue weighted by atomic mass is 35.5. The lowest BCUT2D eigenvalue weighted by molar-refractivity contribution is 0.526. The van der Waals surface area contributed by atoms with Gasteiger partial charge < -0.3 is 5.73 Å². The summed E-state index contributed by atoms with van der Waals surface area (Å²) in [6, 6.07) is 1.88. The van der Waals surface area contributed by atoms with Crippen molar-refractivity contribution in [3.63, 3.8) is 0 Å². The van der Waals surface area contributed by atoms with Gasteiger partial charge in [-0.1, -0.05) is 11.6 Å². The zero-order valence-corrected chi connectivity index (χ0v) is 8.12. The number of hydrogen-bond acceptors (Lipinski definition) is 1. The first-order chi connectivity index (χ1) is 5.82. The van der Waals surface area contributed by atoms with Crippen LogP contribution in [-0.2, 0) is 5.54 Å². The molecule has 1 rings (SSSR count). The second kappa shape index (κ2) is 3.24. The highest BCUT2D eigenvalue weighted by molar-refractivity contribution is 6.31. The van der Waals surface area contributed by atoms with Gasteiger partial charge in [-0.05, 0) is 25.5 Å². The third-order valence-corrected chi connectivity index (χ3v) is 2.07. The molecule has 0 aromatic heterocycles. The summed E-state index contributed by atoms with van der Waals surface area (Å²) in [4.78, 5) is 0. The molecule has 0 radical (unpaired) electrons. The van der Waals surface area contributed by atoms with Gasteiger partial charge in [0.15, 0.2) is 0 Å². The molecule has 0 fully saturated rings. The Morgan fingerprint density at radius 3 is 2.31 bits per heavy atom. The van der Waals surface area contributed by atoms with E-state index in [0.29, 0.717) is 0 Å². The third-order valence-electron chi connectivity index (χ3n) is 1.69. The normalized spacial score (nSPS) is 11.8. The van der Waals surface area contributed by atoms with Crippen molar-refractivity contribution in [3.8, 4) is 0 Å². The van der Waals surface area contributed by atoms with Gasteiger partial charge in [0.2, 0.25) is 0 Å². The maximum atomic E-state index is 12.9. The van der Waals surface area contributed by atoms with Gasteiger partial charge in [-0.25, -0.2) is 8.78 Å². The van der Waals surface area contributed by atoms with Crippen LogP contribution < -0.4 is 5.73 Å². The fourth-order valence-electron chi connectivity index (χ4n) is 1.02. The molecule has 0 atom stereocenters. The molecule has 0 aliphatic heterocycles. The molecule has 0 spiro atoms. The molecule has 13 heavy (non-hydrogen) atoms. The van der Waals surface area contributed by atoms with Crippen molar-refractivity contribution in [2.45, 2.75) is 19.4 Å². The van der Waals surface area contributed by atoms with Crippen LogP contribution in [0.5, 0.6) is 0 Å². The molecule has 0 aliphatic carbocycles. The molecule has 0 amide bonds. The maximum Gasteiger partial charge on any atom is 0.145 e. The van der Waals surface area contributed by atoms with Crippen LogP contribution in [0.15, 0.2) is 12.1 Å². The largest absolute Gasteiger partial charge is 0.322 e. The minimum absolute atomic E-state index is 0.117. The molecule has 72 valence electrons. The Hall–Kier alpha value is -0.670. The van der Waals surface area contributed by atoms with Crippen LogP contribution in [0.3, 0.4) is 0 Å². The van der Waals surface area contributed by atoms with E-state index < -0.39 is 17.2 Å². The lowest BCUT2D eigenvalue weighted by atomic mass is 9.95. The van der Waals surface area contributed by atoms with E-state index in [0.717, 1.165) is 12.1 Å². The predicted molar refractivity (Wildman–Crippen MR) is 48.6 cm³/mol. The lowest BCUT2D eigenvalue weighted by Crippen LogP contribution is -2.29. The molecule has 1 aromatic carbocycles. The average molecular weight is 206 g/mol. The van der Waals surface area contributed by atoms with E-state index in [1.165, 1.54) is 0 Å². The van der Waals surface area contributed by atoms with Crippen molar-refractivity contribution in [3.05, 3.63) is 34.4 Å². The Morgan fingerprint density at radius 2 is 1.85 bits per heavy atom. The van der Waals surface area contributed by atoms with Crippen LogP contribution >= 0.6 is 11.6 Å². The lowest BCUT2D eigenvalue weighted by Gasteiger charge is -2.20. The highest BCUT2D eigenvalue weighted by Gasteiger charge is 2.21. The Labute approximate surface area is 80.5 Å². The van der Waals surface area contributed by atoms with E-state index in [9.17, 15) is 8.78 Å². The van der Waals surface area contributed by atoms with Crippen molar-refractivity contribution in [2.24, 2.45) is 5.73 Å². The van der Waals surface area contributed by atoms with Crippen LogP contribution in [0.1, 0.15) is 19.4 Å². The zero-order valence-electron chi connectivity index (χ0n) is 7.37. The van der Waals surface area contributed by atoms with Crippen LogP contribution in [0.2, 0.25) is 5.02 Å². The first kappa shape index (κ1) is 10.4. The average Bonchev–Trinajstić information content (AvgIpc) is 1.94. The first-order valence-electron chi connectivity index (χ1n) is 3.76. The number of halogens is 3. The van der Waals surface area contributed by atoms with Crippen molar-refractivity contribution in [1.29, 1.82) is 0 Å². The van der Waals surface area contributed by atoms with Crippen molar-refractivity contribution in [2.75, 3.05) is 0 Å². The molecule has 0 unspecified atom stereocenters. The summed E-state index contributed by atoms with van der Waals surface area (Å²) in [7, 11) is 0. The molecule has 1 aromatic rings. The predicted octanol–water partition coefficient (Wildman–Crippen LogP) is 2.81. The van der Waals surface area contributed by atoms with E-state index in [2.05, 4.69) is 0 Å². The highest BCUT2D eigenvalue weighted by Crippen LogP contribution is 2.28. The number of hydrogen-bond donors (Lipinski definition) is 1. The number of nitrogens with two attached hydrogens (primary N) is 1. The SMILES string of the molecule is CC(C)(N)c1cc(F)cc(F)c1Cl. The van der Waals surface area contributed by atoms with Gasteiger partial charge in [0.1, 0.15) is 11.6 Å². The molecular weight excluding hydrogens is 196 g/mol. The number of rotatable bonds is 1. The summed E-state index contributed by atoms with van der Waals surface area (Å²) >= 11 is 5.63. The summed E-state index contributed by atoms with van der Waals surface area (Å²) in [5.41, 5.74) is 5.10. The van der Waals surface area contributed by atoms with Gasteiger partial charge >= 0.3 is 0 Å². The van der Waals surface area contributed by atoms with Crippen LogP contribution in [0.4, 0.5) is 8.78 Å². The van der Waals surface area contributed by atoms with Gasteiger partial charge in [0.25, 0.3) is 0 Å². The summed E-state index contributed by atoms with van der Waals surface area (Å²) < 4.78 is 25.7. The van der Waals surface area contributed by atoms with Crippen molar-refractivity contribution in [1.82, 2.24) is 0 Å². The second-order valence-corrected chi connectivity index (χ2v) is 3.85. The molecule has 1 nitrogen and oxygen atoms in total. The van der Waals surface area contributed by atoms with Gasteiger partial charge in [-0.2, -0.15) is 0 Å². The Morgan fingerprint density at radius 1 is 1.31 bits per heavy atom. The van der Waals surface area contributed by atoms with Crippen LogP contribution in [0, 0.1) is 11.6 Å². The molecule has 4 heteroatoms. The van der Waals surface area contributed by atoms with E-state index in [-0.39, 0.29) is 10.6 Å². The van der Waals surface area contributed by atoms with E-state index in [4.69, 9.17) is 17.3 Å². The summed E-state index contributed by atoms with van der Waals surface area (Å²) in [5, 5.41) is -0.117. The van der Waals surface area contributed by atoms with Gasteiger partial charge in [-0.15, -0.1) is 0 Å². The van der Waals surface area contributed by atoms with Crippen molar-refractivity contribution >= 4 is 11.6 Å². The summed E-state index contributed by atoms with van der Waals surface area (Å²) in [6.45, 7) is 3.26. The standard InChI is InChI=1S/C9H10ClF2N/c1-9(2,13)6-3-5(11)4-7(12)8(6)10/h3-4H,13H2,1-2H3. The van der Waals surface area contributed by atoms with Gasteiger partial charge in [0.05, 0.1) is 5.02 Å². The molecule has 2 N–H and O–H groups in total. The molecule has 0 aliphatic rings. The second-order valence-electron chi connectivity index (χ2n) is 3.47. The van der Waals surface area contributed by atoms with E-state index in [1.54, 1.807) is 13.8 Å². The number of benzene rings is 1. The summed E-state index contributed by atoms with van der Waals surface area (Å²) in [5.74, 6) is -1.45. The topological polar surface area (TPSA) is 26.0 Å². The van der Waals surface area contributed by atoms with E-state index in [1.807, 2.05) is 0 Å². The quantitative estimate of drug-likeness (QED) is 0.701. The van der Waals surface area contributed by atoms with Crippen molar-refractivity contribution < 1.29 is 8.78 Å². The molecule has 0 saturated carbocycles. The first-order valence-corrected chi connectivity index (χ1v) is 4.14. The smallest absolute Gasteiger partial charge is 0.145 e. The Balaban J connectivity index is 3.37. The van der Waals surface area contributed by atoms with Crippen LogP contribution in [-0.4, -0.2) is 0 Å². The molecule has 0 heterocycles. The maximum absolute atomic E-state index is 12.9. The van der Waals surface area contributed by atoms with E-state index >= 15 is 0 Å². The zero-order chi connectivity index (χ0) is 10.2.